The molecule has 0 rings (SSSR count). The molecule has 0 aromatic heterocycles. The molecule has 0 aromatic rings. The summed E-state index contributed by atoms with van der Waals surface area (Å²) in [6.45, 7) is 7.28. The Morgan fingerprint density at radius 3 is 2.27 bits per heavy atom. The van der Waals surface area contributed by atoms with E-state index < -0.39 is 20.2 Å². The Hall–Kier alpha value is -0.823. The van der Waals surface area contributed by atoms with Crippen molar-refractivity contribution >= 4 is 14.3 Å². The maximum atomic E-state index is 11.0. The lowest BCUT2D eigenvalue weighted by Gasteiger charge is -2.17. The molecule has 62 valence electrons. The van der Waals surface area contributed by atoms with Crippen molar-refractivity contribution < 1.29 is 9.22 Å². The largest absolute Gasteiger partial charge is 0.519 e. The number of carbonyl (C=O) groups excluding carboxylic acids is 1. The quantitative estimate of drug-likeness (QED) is 0.592. The van der Waals surface area contributed by atoms with Crippen LogP contribution in [-0.4, -0.2) is 14.3 Å². The predicted octanol–water partition coefficient (Wildman–Crippen LogP) is 1.52. The van der Waals surface area contributed by atoms with Crippen molar-refractivity contribution in [3.8, 4) is 6.07 Å². The molecule has 0 radical (unpaired) electrons. The fourth-order valence-corrected chi connectivity index (χ4v) is 1.22. The van der Waals surface area contributed by atoms with Gasteiger partial charge in [0.15, 0.2) is 0 Å². The molecule has 11 heavy (non-hydrogen) atoms. The summed E-state index contributed by atoms with van der Waals surface area (Å²) in [5.74, 6) is -1.03. The highest BCUT2D eigenvalue weighted by molar-refractivity contribution is 6.71. The van der Waals surface area contributed by atoms with E-state index in [9.17, 15) is 4.79 Å². The third-order valence-corrected chi connectivity index (χ3v) is 1.77. The van der Waals surface area contributed by atoms with Gasteiger partial charge in [-0.25, -0.2) is 0 Å². The lowest BCUT2D eigenvalue weighted by atomic mass is 10.2. The first-order valence-electron chi connectivity index (χ1n) is 3.49. The zero-order chi connectivity index (χ0) is 9.07. The fraction of sp³-hybridized carbons (Fsp3) is 0.714. The zero-order valence-corrected chi connectivity index (χ0v) is 8.34. The second-order valence-corrected chi connectivity index (χ2v) is 7.81. The zero-order valence-electron chi connectivity index (χ0n) is 7.34. The van der Waals surface area contributed by atoms with Gasteiger partial charge in [0.1, 0.15) is 5.92 Å². The van der Waals surface area contributed by atoms with E-state index in [1.54, 1.807) is 6.92 Å². The summed E-state index contributed by atoms with van der Waals surface area (Å²) in [6.07, 6.45) is 0. The average Bonchev–Trinajstić information content (AvgIpc) is 1.82. The Morgan fingerprint density at radius 2 is 2.00 bits per heavy atom. The van der Waals surface area contributed by atoms with E-state index in [0.717, 1.165) is 0 Å². The van der Waals surface area contributed by atoms with Crippen molar-refractivity contribution in [3.63, 3.8) is 0 Å². The van der Waals surface area contributed by atoms with Crippen molar-refractivity contribution in [1.29, 1.82) is 5.26 Å². The molecule has 0 aliphatic rings. The molecular weight excluding hydrogens is 158 g/mol. The van der Waals surface area contributed by atoms with Crippen molar-refractivity contribution in [1.82, 2.24) is 0 Å². The van der Waals surface area contributed by atoms with Crippen molar-refractivity contribution in [2.75, 3.05) is 0 Å². The van der Waals surface area contributed by atoms with Crippen LogP contribution in [0.2, 0.25) is 19.6 Å². The van der Waals surface area contributed by atoms with Crippen LogP contribution in [0, 0.1) is 17.2 Å². The molecule has 0 aliphatic carbocycles. The molecule has 0 bridgehead atoms. The van der Waals surface area contributed by atoms with Gasteiger partial charge in [-0.1, -0.05) is 0 Å². The van der Waals surface area contributed by atoms with Gasteiger partial charge in [-0.15, -0.1) is 0 Å². The van der Waals surface area contributed by atoms with Crippen LogP contribution in [0.15, 0.2) is 0 Å². The van der Waals surface area contributed by atoms with Crippen LogP contribution in [0.5, 0.6) is 0 Å². The van der Waals surface area contributed by atoms with E-state index in [1.807, 2.05) is 25.7 Å². The lowest BCUT2D eigenvalue weighted by molar-refractivity contribution is -0.137. The predicted molar refractivity (Wildman–Crippen MR) is 44.2 cm³/mol. The Morgan fingerprint density at radius 1 is 1.55 bits per heavy atom. The fourth-order valence-electron chi connectivity index (χ4n) is 0.443. The minimum absolute atomic E-state index is 0.397. The molecule has 3 nitrogen and oxygen atoms in total. The molecule has 0 spiro atoms. The van der Waals surface area contributed by atoms with Gasteiger partial charge in [-0.2, -0.15) is 5.26 Å². The number of nitrogens with zero attached hydrogens (tertiary/aromatic N) is 1. The van der Waals surface area contributed by atoms with E-state index in [1.165, 1.54) is 0 Å². The molecule has 0 aliphatic heterocycles. The van der Waals surface area contributed by atoms with E-state index >= 15 is 0 Å². The molecular formula is C7H13NO2Si. The van der Waals surface area contributed by atoms with Gasteiger partial charge >= 0.3 is 5.97 Å². The highest BCUT2D eigenvalue weighted by Crippen LogP contribution is 2.06. The Kier molecular flexibility index (Phi) is 3.27. The number of hydrogen-bond acceptors (Lipinski definition) is 3. The molecule has 1 atom stereocenters. The smallest absolute Gasteiger partial charge is 0.309 e. The van der Waals surface area contributed by atoms with Gasteiger partial charge in [0.05, 0.1) is 6.07 Å². The van der Waals surface area contributed by atoms with E-state index in [4.69, 9.17) is 9.69 Å². The summed E-state index contributed by atoms with van der Waals surface area (Å²) in [6, 6.07) is 1.83. The maximum Gasteiger partial charge on any atom is 0.309 e. The second-order valence-electron chi connectivity index (χ2n) is 3.38. The normalized spacial score (nSPS) is 13.4. The van der Waals surface area contributed by atoms with Gasteiger partial charge in [-0.3, -0.25) is 4.79 Å². The lowest BCUT2D eigenvalue weighted by Crippen LogP contribution is -2.31. The summed E-state index contributed by atoms with van der Waals surface area (Å²) in [5.41, 5.74) is 0. The van der Waals surface area contributed by atoms with Crippen LogP contribution in [0.3, 0.4) is 0 Å². The summed E-state index contributed by atoms with van der Waals surface area (Å²) in [5, 5.41) is 8.37. The molecule has 0 heterocycles. The first-order chi connectivity index (χ1) is 4.87. The van der Waals surface area contributed by atoms with Gasteiger partial charge in [0.2, 0.25) is 8.32 Å². The third kappa shape index (κ3) is 4.56. The van der Waals surface area contributed by atoms with Crippen LogP contribution < -0.4 is 0 Å². The number of carbonyl (C=O) groups is 1. The van der Waals surface area contributed by atoms with Crippen LogP contribution in [0.4, 0.5) is 0 Å². The van der Waals surface area contributed by atoms with Crippen LogP contribution >= 0.6 is 0 Å². The van der Waals surface area contributed by atoms with E-state index in [-0.39, 0.29) is 0 Å². The van der Waals surface area contributed by atoms with Crippen molar-refractivity contribution in [2.45, 2.75) is 26.6 Å². The molecule has 0 saturated carbocycles. The molecule has 0 N–H and O–H groups in total. The molecule has 0 fully saturated rings. The molecule has 1 unspecified atom stereocenters. The minimum Gasteiger partial charge on any atom is -0.519 e. The summed E-state index contributed by atoms with van der Waals surface area (Å²) in [7, 11) is -1.80. The minimum atomic E-state index is -1.80. The van der Waals surface area contributed by atoms with Crippen molar-refractivity contribution in [2.24, 2.45) is 5.92 Å². The van der Waals surface area contributed by atoms with Gasteiger partial charge in [0.25, 0.3) is 0 Å². The van der Waals surface area contributed by atoms with Crippen molar-refractivity contribution in [3.05, 3.63) is 0 Å². The topological polar surface area (TPSA) is 50.1 Å². The third-order valence-electron chi connectivity index (χ3n) is 0.954. The number of hydrogen-bond donors (Lipinski definition) is 0. The first-order valence-corrected chi connectivity index (χ1v) is 6.90. The van der Waals surface area contributed by atoms with Crippen LogP contribution in [0.25, 0.3) is 0 Å². The summed E-state index contributed by atoms with van der Waals surface area (Å²) >= 11 is 0. The van der Waals surface area contributed by atoms with Crippen LogP contribution in [0.1, 0.15) is 6.92 Å². The Bertz CT molecular complexity index is 190. The van der Waals surface area contributed by atoms with Gasteiger partial charge in [-0.05, 0) is 26.6 Å². The molecule has 0 aromatic carbocycles. The average molecular weight is 171 g/mol. The summed E-state index contributed by atoms with van der Waals surface area (Å²) < 4.78 is 5.07. The Balaban J connectivity index is 4.01. The Labute approximate surface area is 68.1 Å². The molecule has 0 amide bonds. The number of nitriles is 1. The molecule has 0 saturated heterocycles. The molecule has 4 heteroatoms. The monoisotopic (exact) mass is 171 g/mol. The van der Waals surface area contributed by atoms with E-state index in [2.05, 4.69) is 0 Å². The summed E-state index contributed by atoms with van der Waals surface area (Å²) in [4.78, 5) is 11.0. The maximum absolute atomic E-state index is 11.0. The highest BCUT2D eigenvalue weighted by Gasteiger charge is 2.23. The first kappa shape index (κ1) is 10.2. The second kappa shape index (κ2) is 3.53. The van der Waals surface area contributed by atoms with Gasteiger partial charge < -0.3 is 4.43 Å². The SMILES string of the molecule is CC(C#N)C(=O)O[Si](C)(C)C. The standard InChI is InChI=1S/C7H13NO2Si/c1-6(5-8)7(9)10-11(2,3)4/h6H,1-4H3. The van der Waals surface area contributed by atoms with E-state index in [0.29, 0.717) is 0 Å². The number of rotatable bonds is 2. The highest BCUT2D eigenvalue weighted by atomic mass is 28.4. The van der Waals surface area contributed by atoms with Crippen LogP contribution in [-0.2, 0) is 9.22 Å². The van der Waals surface area contributed by atoms with Gasteiger partial charge in [0, 0.05) is 0 Å².